The summed E-state index contributed by atoms with van der Waals surface area (Å²) >= 11 is 0. The summed E-state index contributed by atoms with van der Waals surface area (Å²) in [6.45, 7) is 11.0. The lowest BCUT2D eigenvalue weighted by Gasteiger charge is -2.46. The van der Waals surface area contributed by atoms with Crippen LogP contribution < -0.4 is 0 Å². The van der Waals surface area contributed by atoms with Gasteiger partial charge in [0.2, 0.25) is 0 Å². The number of morpholine rings is 1. The van der Waals surface area contributed by atoms with Gasteiger partial charge < -0.3 is 19.1 Å². The smallest absolute Gasteiger partial charge is 0.410 e. The van der Waals surface area contributed by atoms with Crippen LogP contribution in [0.2, 0.25) is 0 Å². The summed E-state index contributed by atoms with van der Waals surface area (Å²) in [5.74, 6) is -0.242. The van der Waals surface area contributed by atoms with E-state index in [9.17, 15) is 9.59 Å². The molecule has 0 unspecified atom stereocenters. The number of carbonyl (C=O) groups is 2. The zero-order valence-electron chi connectivity index (χ0n) is 17.6. The molecule has 7 nitrogen and oxygen atoms in total. The fourth-order valence-corrected chi connectivity index (χ4v) is 4.26. The first-order valence-corrected chi connectivity index (χ1v) is 10.4. The van der Waals surface area contributed by atoms with Crippen LogP contribution in [0.5, 0.6) is 0 Å². The third-order valence-electron chi connectivity index (χ3n) is 5.68. The van der Waals surface area contributed by atoms with Gasteiger partial charge >= 0.3 is 12.1 Å². The number of hydrogen-bond donors (Lipinski definition) is 0. The molecule has 3 aliphatic heterocycles. The lowest BCUT2D eigenvalue weighted by Crippen LogP contribution is -2.60. The minimum atomic E-state index is -0.487. The second-order valence-corrected chi connectivity index (χ2v) is 9.23. The van der Waals surface area contributed by atoms with Crippen LogP contribution >= 0.6 is 0 Å². The van der Waals surface area contributed by atoms with E-state index in [1.807, 2.05) is 39.8 Å². The van der Waals surface area contributed by atoms with Crippen LogP contribution in [0.25, 0.3) is 0 Å². The second kappa shape index (κ2) is 7.61. The summed E-state index contributed by atoms with van der Waals surface area (Å²) < 4.78 is 17.0. The fourth-order valence-electron chi connectivity index (χ4n) is 4.26. The molecule has 3 heterocycles. The quantitative estimate of drug-likeness (QED) is 0.673. The number of fused-ring (bicyclic) bond motifs is 2. The molecule has 0 N–H and O–H groups in total. The zero-order valence-corrected chi connectivity index (χ0v) is 17.6. The van der Waals surface area contributed by atoms with Gasteiger partial charge in [0.05, 0.1) is 24.3 Å². The Hall–Kier alpha value is -2.12. The van der Waals surface area contributed by atoms with Gasteiger partial charge in [-0.05, 0) is 44.9 Å². The number of carbonyl (C=O) groups excluding carboxylic acids is 2. The number of nitrogens with zero attached hydrogens (tertiary/aromatic N) is 2. The van der Waals surface area contributed by atoms with E-state index >= 15 is 0 Å². The summed E-state index contributed by atoms with van der Waals surface area (Å²) in [6.07, 6.45) is 0.356. The van der Waals surface area contributed by atoms with E-state index in [2.05, 4.69) is 11.0 Å². The van der Waals surface area contributed by atoms with E-state index < -0.39 is 5.60 Å². The number of rotatable bonds is 1. The van der Waals surface area contributed by atoms with Crippen LogP contribution in [-0.2, 0) is 20.6 Å². The Balaban J connectivity index is 1.40. The fraction of sp³-hybridized carbons (Fsp3) is 0.636. The van der Waals surface area contributed by atoms with Gasteiger partial charge in [-0.1, -0.05) is 12.1 Å². The van der Waals surface area contributed by atoms with Gasteiger partial charge in [0, 0.05) is 32.6 Å². The van der Waals surface area contributed by atoms with Gasteiger partial charge in [0.1, 0.15) is 11.7 Å². The number of esters is 1. The average Bonchev–Trinajstić information content (AvgIpc) is 2.65. The number of ether oxygens (including phenoxy) is 3. The highest BCUT2D eigenvalue weighted by Crippen LogP contribution is 2.30. The van der Waals surface area contributed by atoms with Crippen molar-refractivity contribution >= 4 is 12.1 Å². The predicted molar refractivity (Wildman–Crippen MR) is 107 cm³/mol. The molecule has 0 bridgehead atoms. The standard InChI is InChI=1S/C22H30N2O5/c1-14-9-16-10-15(5-6-18(16)20(25)28-14)19-12-23-7-8-24(11-17(23)13-27-19)21(26)29-22(2,3)4/h5-6,10,14,17,19H,7-9,11-13H2,1-4H3/t14-,17+,19+/m1/s1. The Bertz CT molecular complexity index is 803. The van der Waals surface area contributed by atoms with Crippen molar-refractivity contribution in [3.8, 4) is 0 Å². The van der Waals surface area contributed by atoms with Crippen molar-refractivity contribution in [2.45, 2.75) is 58.0 Å². The van der Waals surface area contributed by atoms with E-state index in [1.54, 1.807) is 4.90 Å². The lowest BCUT2D eigenvalue weighted by molar-refractivity contribution is -0.0906. The third kappa shape index (κ3) is 4.41. The maximum Gasteiger partial charge on any atom is 0.410 e. The Morgan fingerprint density at radius 3 is 2.76 bits per heavy atom. The largest absolute Gasteiger partial charge is 0.459 e. The minimum Gasteiger partial charge on any atom is -0.459 e. The topological polar surface area (TPSA) is 68.3 Å². The number of amides is 1. The maximum absolute atomic E-state index is 12.4. The van der Waals surface area contributed by atoms with Crippen molar-refractivity contribution in [1.29, 1.82) is 0 Å². The highest BCUT2D eigenvalue weighted by molar-refractivity contribution is 5.92. The van der Waals surface area contributed by atoms with Crippen molar-refractivity contribution in [3.05, 3.63) is 34.9 Å². The number of benzene rings is 1. The Kier molecular flexibility index (Phi) is 5.29. The van der Waals surface area contributed by atoms with Crippen LogP contribution in [0.4, 0.5) is 4.79 Å². The molecule has 1 aromatic rings. The van der Waals surface area contributed by atoms with E-state index in [-0.39, 0.29) is 30.3 Å². The van der Waals surface area contributed by atoms with Crippen molar-refractivity contribution in [2.75, 3.05) is 32.8 Å². The normalized spacial score (nSPS) is 27.7. The van der Waals surface area contributed by atoms with Gasteiger partial charge in [-0.15, -0.1) is 0 Å². The number of hydrogen-bond acceptors (Lipinski definition) is 6. The number of cyclic esters (lactones) is 1. The molecule has 0 aliphatic carbocycles. The molecule has 3 aliphatic rings. The summed E-state index contributed by atoms with van der Waals surface area (Å²) in [7, 11) is 0. The number of piperazine rings is 1. The summed E-state index contributed by atoms with van der Waals surface area (Å²) in [6, 6.07) is 6.10. The van der Waals surface area contributed by atoms with Crippen LogP contribution in [0.3, 0.4) is 0 Å². The molecule has 4 rings (SSSR count). The van der Waals surface area contributed by atoms with Gasteiger partial charge in [-0.25, -0.2) is 9.59 Å². The molecule has 2 saturated heterocycles. The van der Waals surface area contributed by atoms with Crippen LogP contribution in [0.15, 0.2) is 18.2 Å². The molecule has 1 aromatic carbocycles. The molecule has 0 radical (unpaired) electrons. The van der Waals surface area contributed by atoms with Crippen LogP contribution in [-0.4, -0.2) is 72.4 Å². The first-order chi connectivity index (χ1) is 13.7. The molecule has 0 spiro atoms. The molecule has 3 atom stereocenters. The SMILES string of the molecule is C[C@@H]1Cc2cc([C@@H]3CN4CCN(C(=O)OC(C)(C)C)C[C@H]4CO3)ccc2C(=O)O1. The van der Waals surface area contributed by atoms with Crippen molar-refractivity contribution in [1.82, 2.24) is 9.80 Å². The van der Waals surface area contributed by atoms with Crippen molar-refractivity contribution in [3.63, 3.8) is 0 Å². The molecule has 1 amide bonds. The van der Waals surface area contributed by atoms with Crippen LogP contribution in [0.1, 0.15) is 55.3 Å². The highest BCUT2D eigenvalue weighted by atomic mass is 16.6. The van der Waals surface area contributed by atoms with Gasteiger partial charge in [-0.2, -0.15) is 0 Å². The van der Waals surface area contributed by atoms with E-state index in [1.165, 1.54) is 0 Å². The van der Waals surface area contributed by atoms with E-state index in [0.717, 1.165) is 30.6 Å². The molecule has 0 saturated carbocycles. The first kappa shape index (κ1) is 20.2. The summed E-state index contributed by atoms with van der Waals surface area (Å²) in [5, 5.41) is 0. The molecule has 2 fully saturated rings. The van der Waals surface area contributed by atoms with Gasteiger partial charge in [-0.3, -0.25) is 4.90 Å². The van der Waals surface area contributed by atoms with Crippen molar-refractivity contribution < 1.29 is 23.8 Å². The zero-order chi connectivity index (χ0) is 20.8. The minimum absolute atomic E-state index is 0.0297. The maximum atomic E-state index is 12.4. The second-order valence-electron chi connectivity index (χ2n) is 9.23. The molecule has 0 aromatic heterocycles. The average molecular weight is 402 g/mol. The molecule has 158 valence electrons. The molecule has 7 heteroatoms. The third-order valence-corrected chi connectivity index (χ3v) is 5.68. The Labute approximate surface area is 171 Å². The first-order valence-electron chi connectivity index (χ1n) is 10.4. The van der Waals surface area contributed by atoms with Gasteiger partial charge in [0.25, 0.3) is 0 Å². The van der Waals surface area contributed by atoms with Gasteiger partial charge in [0.15, 0.2) is 0 Å². The lowest BCUT2D eigenvalue weighted by atomic mass is 9.94. The van der Waals surface area contributed by atoms with E-state index in [4.69, 9.17) is 14.2 Å². The monoisotopic (exact) mass is 402 g/mol. The van der Waals surface area contributed by atoms with E-state index in [0.29, 0.717) is 25.3 Å². The molecule has 29 heavy (non-hydrogen) atoms. The molecular weight excluding hydrogens is 372 g/mol. The summed E-state index contributed by atoms with van der Waals surface area (Å²) in [5.41, 5.74) is 2.30. The molecular formula is C22H30N2O5. The Morgan fingerprint density at radius 1 is 1.21 bits per heavy atom. The van der Waals surface area contributed by atoms with Crippen molar-refractivity contribution in [2.24, 2.45) is 0 Å². The highest BCUT2D eigenvalue weighted by Gasteiger charge is 2.37. The predicted octanol–water partition coefficient (Wildman–Crippen LogP) is 2.78. The summed E-state index contributed by atoms with van der Waals surface area (Å²) in [4.78, 5) is 28.6. The van der Waals surface area contributed by atoms with Crippen LogP contribution in [0, 0.1) is 0 Å². The Morgan fingerprint density at radius 2 is 2.00 bits per heavy atom.